The summed E-state index contributed by atoms with van der Waals surface area (Å²) in [5.74, 6) is 0.882. The summed E-state index contributed by atoms with van der Waals surface area (Å²) >= 11 is 0. The lowest BCUT2D eigenvalue weighted by atomic mass is 10.0. The smallest absolute Gasteiger partial charge is 0.118 e. The topological polar surface area (TPSA) is 41.5 Å². The van der Waals surface area contributed by atoms with Gasteiger partial charge < -0.3 is 15.2 Å². The molecule has 0 fully saturated rings. The van der Waals surface area contributed by atoms with Crippen LogP contribution in [0.1, 0.15) is 38.3 Å². The van der Waals surface area contributed by atoms with Crippen molar-refractivity contribution in [3.63, 3.8) is 0 Å². The summed E-state index contributed by atoms with van der Waals surface area (Å²) in [7, 11) is 1.67. The highest BCUT2D eigenvalue weighted by atomic mass is 16.5. The van der Waals surface area contributed by atoms with Gasteiger partial charge in [0.1, 0.15) is 5.75 Å². The Morgan fingerprint density at radius 2 is 1.94 bits per heavy atom. The maximum atomic E-state index is 9.22. The highest BCUT2D eigenvalue weighted by molar-refractivity contribution is 5.29. The molecule has 2 atom stereocenters. The van der Waals surface area contributed by atoms with E-state index < -0.39 is 0 Å². The Kier molecular flexibility index (Phi) is 6.01. The first-order valence-electron chi connectivity index (χ1n) is 6.22. The van der Waals surface area contributed by atoms with Gasteiger partial charge in [0.2, 0.25) is 0 Å². The normalized spacial score (nSPS) is 14.4. The minimum Gasteiger partial charge on any atom is -0.497 e. The van der Waals surface area contributed by atoms with E-state index in [0.717, 1.165) is 25.1 Å². The van der Waals surface area contributed by atoms with Crippen molar-refractivity contribution in [2.24, 2.45) is 0 Å². The van der Waals surface area contributed by atoms with Crippen LogP contribution < -0.4 is 10.1 Å². The van der Waals surface area contributed by atoms with Crippen molar-refractivity contribution in [3.8, 4) is 5.75 Å². The van der Waals surface area contributed by atoms with Crippen molar-refractivity contribution in [2.75, 3.05) is 13.7 Å². The Labute approximate surface area is 104 Å². The van der Waals surface area contributed by atoms with Crippen molar-refractivity contribution in [1.29, 1.82) is 0 Å². The van der Waals surface area contributed by atoms with E-state index in [2.05, 4.69) is 24.4 Å². The predicted molar refractivity (Wildman–Crippen MR) is 70.3 cm³/mol. The van der Waals surface area contributed by atoms with Gasteiger partial charge in [-0.3, -0.25) is 0 Å². The molecule has 2 unspecified atom stereocenters. The van der Waals surface area contributed by atoms with Gasteiger partial charge in [0.25, 0.3) is 0 Å². The summed E-state index contributed by atoms with van der Waals surface area (Å²) in [6.07, 6.45) is 1.58. The molecule has 1 rings (SSSR count). The van der Waals surface area contributed by atoms with Crippen LogP contribution in [0.15, 0.2) is 24.3 Å². The van der Waals surface area contributed by atoms with Gasteiger partial charge in [0.15, 0.2) is 0 Å². The number of hydrogen-bond acceptors (Lipinski definition) is 3. The maximum absolute atomic E-state index is 9.22. The van der Waals surface area contributed by atoms with Crippen LogP contribution in [0.3, 0.4) is 0 Å². The first-order chi connectivity index (χ1) is 8.17. The Morgan fingerprint density at radius 1 is 1.29 bits per heavy atom. The first kappa shape index (κ1) is 14.0. The minimum absolute atomic E-state index is 0.240. The molecule has 0 heterocycles. The van der Waals surface area contributed by atoms with E-state index in [1.165, 1.54) is 5.56 Å². The predicted octanol–water partition coefficient (Wildman–Crippen LogP) is 2.51. The van der Waals surface area contributed by atoms with E-state index in [0.29, 0.717) is 6.04 Å². The number of methoxy groups -OCH3 is 1. The Hall–Kier alpha value is -1.06. The molecule has 17 heavy (non-hydrogen) atoms. The molecule has 96 valence electrons. The molecule has 0 aliphatic rings. The summed E-state index contributed by atoms with van der Waals surface area (Å²) in [6.45, 7) is 4.81. The van der Waals surface area contributed by atoms with Gasteiger partial charge in [0.05, 0.1) is 13.2 Å². The lowest BCUT2D eigenvalue weighted by Crippen LogP contribution is -2.24. The minimum atomic E-state index is -0.240. The second kappa shape index (κ2) is 7.30. The van der Waals surface area contributed by atoms with Crippen molar-refractivity contribution >= 4 is 0 Å². The first-order valence-corrected chi connectivity index (χ1v) is 6.22. The maximum Gasteiger partial charge on any atom is 0.118 e. The van der Waals surface area contributed by atoms with Gasteiger partial charge in [0, 0.05) is 6.04 Å². The van der Waals surface area contributed by atoms with Crippen molar-refractivity contribution < 1.29 is 9.84 Å². The van der Waals surface area contributed by atoms with Crippen LogP contribution in [-0.4, -0.2) is 24.9 Å². The molecule has 1 aromatic carbocycles. The molecule has 0 spiro atoms. The zero-order chi connectivity index (χ0) is 12.7. The lowest BCUT2D eigenvalue weighted by molar-refractivity contribution is 0.182. The third-order valence-corrected chi connectivity index (χ3v) is 2.88. The molecule has 0 saturated carbocycles. The van der Waals surface area contributed by atoms with E-state index in [1.807, 2.05) is 19.1 Å². The van der Waals surface area contributed by atoms with Crippen LogP contribution in [0, 0.1) is 0 Å². The molecule has 0 aliphatic carbocycles. The third-order valence-electron chi connectivity index (χ3n) is 2.88. The summed E-state index contributed by atoms with van der Waals surface area (Å²) < 4.78 is 5.14. The van der Waals surface area contributed by atoms with Crippen LogP contribution in [0.25, 0.3) is 0 Å². The molecule has 3 heteroatoms. The highest BCUT2D eigenvalue weighted by Gasteiger charge is 2.08. The molecule has 0 amide bonds. The molecule has 0 aromatic heterocycles. The van der Waals surface area contributed by atoms with Gasteiger partial charge in [-0.1, -0.05) is 19.1 Å². The fourth-order valence-electron chi connectivity index (χ4n) is 1.80. The van der Waals surface area contributed by atoms with Gasteiger partial charge in [-0.25, -0.2) is 0 Å². The van der Waals surface area contributed by atoms with Gasteiger partial charge in [-0.05, 0) is 44.0 Å². The average molecular weight is 237 g/mol. The van der Waals surface area contributed by atoms with E-state index in [9.17, 15) is 5.11 Å². The summed E-state index contributed by atoms with van der Waals surface area (Å²) in [6, 6.07) is 8.48. The van der Waals surface area contributed by atoms with Crippen LogP contribution in [-0.2, 0) is 0 Å². The third kappa shape index (κ3) is 4.75. The number of ether oxygens (including phenoxy) is 1. The number of rotatable bonds is 7. The molecule has 0 aliphatic heterocycles. The molecule has 0 bridgehead atoms. The van der Waals surface area contributed by atoms with E-state index >= 15 is 0 Å². The number of hydrogen-bond donors (Lipinski definition) is 2. The number of nitrogens with one attached hydrogen (secondary N) is 1. The van der Waals surface area contributed by atoms with E-state index in [-0.39, 0.29) is 6.10 Å². The summed E-state index contributed by atoms with van der Waals surface area (Å²) in [4.78, 5) is 0. The number of aliphatic hydroxyl groups excluding tert-OH is 1. The Bertz CT molecular complexity index is 309. The zero-order valence-corrected chi connectivity index (χ0v) is 10.9. The van der Waals surface area contributed by atoms with Crippen molar-refractivity contribution in [1.82, 2.24) is 5.32 Å². The summed E-state index contributed by atoms with van der Waals surface area (Å²) in [5, 5.41) is 12.7. The largest absolute Gasteiger partial charge is 0.497 e. The molecule has 2 N–H and O–H groups in total. The van der Waals surface area contributed by atoms with Gasteiger partial charge >= 0.3 is 0 Å². The molecule has 0 radical (unpaired) electrons. The Morgan fingerprint density at radius 3 is 2.41 bits per heavy atom. The van der Waals surface area contributed by atoms with Crippen LogP contribution in [0.2, 0.25) is 0 Å². The van der Waals surface area contributed by atoms with Crippen LogP contribution in [0.4, 0.5) is 0 Å². The van der Waals surface area contributed by atoms with E-state index in [1.54, 1.807) is 7.11 Å². The van der Waals surface area contributed by atoms with Gasteiger partial charge in [-0.15, -0.1) is 0 Å². The molecular formula is C14H23NO2. The van der Waals surface area contributed by atoms with Crippen LogP contribution in [0.5, 0.6) is 5.75 Å². The zero-order valence-electron chi connectivity index (χ0n) is 10.9. The fourth-order valence-corrected chi connectivity index (χ4v) is 1.80. The molecule has 0 saturated heterocycles. The average Bonchev–Trinajstić information content (AvgIpc) is 2.34. The molecule has 1 aromatic rings. The Balaban J connectivity index is 2.53. The second-order valence-electron chi connectivity index (χ2n) is 4.33. The number of benzene rings is 1. The standard InChI is InChI=1S/C14H23NO2/c1-4-14(15-10-9-11(2)16)12-5-7-13(17-3)8-6-12/h5-8,11,14-16H,4,9-10H2,1-3H3. The highest BCUT2D eigenvalue weighted by Crippen LogP contribution is 2.19. The molecule has 3 nitrogen and oxygen atoms in total. The quantitative estimate of drug-likeness (QED) is 0.765. The summed E-state index contributed by atoms with van der Waals surface area (Å²) in [5.41, 5.74) is 1.26. The van der Waals surface area contributed by atoms with Crippen LogP contribution >= 0.6 is 0 Å². The lowest BCUT2D eigenvalue weighted by Gasteiger charge is -2.18. The monoisotopic (exact) mass is 237 g/mol. The van der Waals surface area contributed by atoms with Crippen molar-refractivity contribution in [2.45, 2.75) is 38.8 Å². The van der Waals surface area contributed by atoms with E-state index in [4.69, 9.17) is 4.74 Å². The van der Waals surface area contributed by atoms with Crippen molar-refractivity contribution in [3.05, 3.63) is 29.8 Å². The van der Waals surface area contributed by atoms with Gasteiger partial charge in [-0.2, -0.15) is 0 Å². The second-order valence-corrected chi connectivity index (χ2v) is 4.33. The SMILES string of the molecule is CCC(NCCC(C)O)c1ccc(OC)cc1. The fraction of sp³-hybridized carbons (Fsp3) is 0.571. The molecular weight excluding hydrogens is 214 g/mol. The number of aliphatic hydroxyl groups is 1.